The lowest BCUT2D eigenvalue weighted by Gasteiger charge is -2.25. The molecular formula is C26H31N3O3. The van der Waals surface area contributed by atoms with Gasteiger partial charge >= 0.3 is 0 Å². The highest BCUT2D eigenvalue weighted by Crippen LogP contribution is 2.21. The number of rotatable bonds is 7. The normalized spacial score (nSPS) is 19.3. The van der Waals surface area contributed by atoms with Gasteiger partial charge in [0.15, 0.2) is 0 Å². The second-order valence-corrected chi connectivity index (χ2v) is 8.94. The van der Waals surface area contributed by atoms with Crippen molar-refractivity contribution in [3.63, 3.8) is 0 Å². The van der Waals surface area contributed by atoms with Crippen molar-refractivity contribution in [1.82, 2.24) is 15.1 Å². The van der Waals surface area contributed by atoms with Crippen LogP contribution in [0, 0.1) is 12.8 Å². The van der Waals surface area contributed by atoms with E-state index in [9.17, 15) is 14.4 Å². The molecule has 0 aromatic heterocycles. The first kappa shape index (κ1) is 22.1. The van der Waals surface area contributed by atoms with Crippen LogP contribution in [0.25, 0.3) is 0 Å². The molecule has 0 radical (unpaired) electrons. The Morgan fingerprint density at radius 3 is 2.38 bits per heavy atom. The summed E-state index contributed by atoms with van der Waals surface area (Å²) in [6.45, 7) is 4.40. The predicted octanol–water partition coefficient (Wildman–Crippen LogP) is 2.69. The molecule has 2 aromatic rings. The number of nitrogens with one attached hydrogen (secondary N) is 1. The molecule has 1 N–H and O–H groups in total. The van der Waals surface area contributed by atoms with Crippen molar-refractivity contribution < 1.29 is 14.4 Å². The summed E-state index contributed by atoms with van der Waals surface area (Å²) in [5.41, 5.74) is 3.23. The van der Waals surface area contributed by atoms with Crippen LogP contribution in [0.15, 0.2) is 54.6 Å². The second-order valence-electron chi connectivity index (χ2n) is 8.94. The maximum Gasteiger partial charge on any atom is 0.245 e. The number of carbonyl (C=O) groups is 3. The lowest BCUT2D eigenvalue weighted by molar-refractivity contribution is -0.136. The summed E-state index contributed by atoms with van der Waals surface area (Å²) in [7, 11) is 0. The van der Waals surface area contributed by atoms with E-state index < -0.39 is 12.0 Å². The Morgan fingerprint density at radius 2 is 1.69 bits per heavy atom. The van der Waals surface area contributed by atoms with Crippen LogP contribution in [-0.4, -0.2) is 53.2 Å². The number of hydrogen-bond acceptors (Lipinski definition) is 3. The lowest BCUT2D eigenvalue weighted by Crippen LogP contribution is -2.50. The molecule has 2 fully saturated rings. The van der Waals surface area contributed by atoms with Crippen LogP contribution < -0.4 is 5.32 Å². The Bertz CT molecular complexity index is 952. The highest BCUT2D eigenvalue weighted by Gasteiger charge is 2.36. The minimum atomic E-state index is -0.607. The zero-order chi connectivity index (χ0) is 22.5. The summed E-state index contributed by atoms with van der Waals surface area (Å²) in [5, 5.41) is 2.99. The molecule has 2 unspecified atom stereocenters. The van der Waals surface area contributed by atoms with Crippen LogP contribution in [-0.2, 0) is 27.3 Å². The van der Waals surface area contributed by atoms with E-state index in [1.807, 2.05) is 66.4 Å². The van der Waals surface area contributed by atoms with Crippen LogP contribution in [0.1, 0.15) is 36.0 Å². The van der Waals surface area contributed by atoms with Gasteiger partial charge in [-0.1, -0.05) is 60.2 Å². The van der Waals surface area contributed by atoms with Crippen molar-refractivity contribution in [3.8, 4) is 0 Å². The van der Waals surface area contributed by atoms with E-state index in [0.29, 0.717) is 19.5 Å². The smallest absolute Gasteiger partial charge is 0.245 e. The minimum Gasteiger partial charge on any atom is -0.344 e. The van der Waals surface area contributed by atoms with E-state index in [4.69, 9.17) is 0 Å². The van der Waals surface area contributed by atoms with Gasteiger partial charge in [-0.2, -0.15) is 0 Å². The third-order valence-electron chi connectivity index (χ3n) is 6.39. The molecule has 0 bridgehead atoms. The van der Waals surface area contributed by atoms with E-state index in [0.717, 1.165) is 37.1 Å². The lowest BCUT2D eigenvalue weighted by atomic mass is 10.0. The molecule has 0 aliphatic carbocycles. The van der Waals surface area contributed by atoms with Gasteiger partial charge < -0.3 is 15.1 Å². The molecule has 6 heteroatoms. The number of hydrogen-bond donors (Lipinski definition) is 1. The largest absolute Gasteiger partial charge is 0.344 e. The molecule has 4 rings (SSSR count). The fraction of sp³-hybridized carbons (Fsp3) is 0.423. The van der Waals surface area contributed by atoms with E-state index >= 15 is 0 Å². The summed E-state index contributed by atoms with van der Waals surface area (Å²) in [6, 6.07) is 17.2. The SMILES string of the molecule is Cc1ccc(CN2CC(C(=O)NC(Cc3ccccc3)C(=O)N3CCCC3)CC2=O)cc1. The first-order valence-corrected chi connectivity index (χ1v) is 11.5. The Hall–Kier alpha value is -3.15. The van der Waals surface area contributed by atoms with Crippen molar-refractivity contribution in [3.05, 3.63) is 71.3 Å². The molecule has 2 aliphatic heterocycles. The molecule has 0 spiro atoms. The monoisotopic (exact) mass is 433 g/mol. The zero-order valence-electron chi connectivity index (χ0n) is 18.6. The van der Waals surface area contributed by atoms with Crippen LogP contribution in [0.5, 0.6) is 0 Å². The Kier molecular flexibility index (Phi) is 6.88. The molecule has 2 aliphatic rings. The van der Waals surface area contributed by atoms with Crippen LogP contribution in [0.2, 0.25) is 0 Å². The zero-order valence-corrected chi connectivity index (χ0v) is 18.6. The van der Waals surface area contributed by atoms with Gasteiger partial charge in [0.05, 0.1) is 5.92 Å². The number of carbonyl (C=O) groups excluding carboxylic acids is 3. The Balaban J connectivity index is 1.41. The first-order chi connectivity index (χ1) is 15.5. The predicted molar refractivity (Wildman–Crippen MR) is 123 cm³/mol. The average Bonchev–Trinajstić information content (AvgIpc) is 3.46. The fourth-order valence-electron chi connectivity index (χ4n) is 4.51. The number of aryl methyl sites for hydroxylation is 1. The number of amides is 3. The van der Waals surface area contributed by atoms with Crippen LogP contribution in [0.3, 0.4) is 0 Å². The summed E-state index contributed by atoms with van der Waals surface area (Å²) < 4.78 is 0. The molecule has 2 atom stereocenters. The van der Waals surface area contributed by atoms with E-state index in [1.54, 1.807) is 4.90 Å². The molecule has 2 saturated heterocycles. The van der Waals surface area contributed by atoms with E-state index in [1.165, 1.54) is 5.56 Å². The van der Waals surface area contributed by atoms with Gasteiger partial charge in [0, 0.05) is 39.0 Å². The summed E-state index contributed by atoms with van der Waals surface area (Å²) in [5.74, 6) is -0.687. The van der Waals surface area contributed by atoms with Crippen molar-refractivity contribution >= 4 is 17.7 Å². The summed E-state index contributed by atoms with van der Waals surface area (Å²) in [4.78, 5) is 42.4. The molecule has 2 heterocycles. The van der Waals surface area contributed by atoms with Crippen molar-refractivity contribution in [2.75, 3.05) is 19.6 Å². The van der Waals surface area contributed by atoms with Gasteiger partial charge in [0.1, 0.15) is 6.04 Å². The number of nitrogens with zero attached hydrogens (tertiary/aromatic N) is 2. The van der Waals surface area contributed by atoms with Crippen LogP contribution >= 0.6 is 0 Å². The van der Waals surface area contributed by atoms with Gasteiger partial charge in [0.2, 0.25) is 17.7 Å². The third-order valence-corrected chi connectivity index (χ3v) is 6.39. The van der Waals surface area contributed by atoms with Crippen molar-refractivity contribution in [1.29, 1.82) is 0 Å². The molecule has 6 nitrogen and oxygen atoms in total. The van der Waals surface area contributed by atoms with Gasteiger partial charge in [-0.3, -0.25) is 14.4 Å². The van der Waals surface area contributed by atoms with Crippen molar-refractivity contribution in [2.24, 2.45) is 5.92 Å². The number of likely N-dealkylation sites (tertiary alicyclic amines) is 2. The van der Waals surface area contributed by atoms with Gasteiger partial charge in [-0.05, 0) is 30.9 Å². The Labute approximate surface area is 189 Å². The van der Waals surface area contributed by atoms with Gasteiger partial charge in [-0.25, -0.2) is 0 Å². The molecule has 0 saturated carbocycles. The molecule has 168 valence electrons. The average molecular weight is 434 g/mol. The topological polar surface area (TPSA) is 69.7 Å². The van der Waals surface area contributed by atoms with E-state index in [2.05, 4.69) is 5.32 Å². The minimum absolute atomic E-state index is 0.0174. The van der Waals surface area contributed by atoms with Gasteiger partial charge in [-0.15, -0.1) is 0 Å². The number of benzene rings is 2. The quantitative estimate of drug-likeness (QED) is 0.730. The van der Waals surface area contributed by atoms with Gasteiger partial charge in [0.25, 0.3) is 0 Å². The third kappa shape index (κ3) is 5.36. The Morgan fingerprint density at radius 1 is 1.00 bits per heavy atom. The summed E-state index contributed by atoms with van der Waals surface area (Å²) >= 11 is 0. The first-order valence-electron chi connectivity index (χ1n) is 11.5. The highest BCUT2D eigenvalue weighted by atomic mass is 16.2. The molecule has 2 aromatic carbocycles. The molecule has 32 heavy (non-hydrogen) atoms. The second kappa shape index (κ2) is 9.98. The molecular weight excluding hydrogens is 402 g/mol. The van der Waals surface area contributed by atoms with Crippen molar-refractivity contribution in [2.45, 2.75) is 45.2 Å². The standard InChI is InChI=1S/C26H31N3O3/c1-19-9-11-21(12-10-19)17-29-18-22(16-24(29)30)25(31)27-23(15-20-7-3-2-4-8-20)26(32)28-13-5-6-14-28/h2-4,7-12,22-23H,5-6,13-18H2,1H3,(H,27,31). The molecule has 3 amide bonds. The maximum atomic E-state index is 13.1. The van der Waals surface area contributed by atoms with Crippen LogP contribution in [0.4, 0.5) is 0 Å². The fourth-order valence-corrected chi connectivity index (χ4v) is 4.51. The summed E-state index contributed by atoms with van der Waals surface area (Å²) in [6.07, 6.45) is 2.65. The highest BCUT2D eigenvalue weighted by molar-refractivity contribution is 5.92. The van der Waals surface area contributed by atoms with E-state index in [-0.39, 0.29) is 24.1 Å². The maximum absolute atomic E-state index is 13.1.